The van der Waals surface area contributed by atoms with Crippen LogP contribution < -0.4 is 16.4 Å². The number of carbonyl (C=O) groups excluding carboxylic acids is 2. The first kappa shape index (κ1) is 17.3. The summed E-state index contributed by atoms with van der Waals surface area (Å²) in [5.41, 5.74) is 7.27. The normalized spacial score (nSPS) is 19.2. The minimum Gasteiger partial charge on any atom is -0.352 e. The number of nitrogens with one attached hydrogen (secondary N) is 2. The van der Waals surface area contributed by atoms with Gasteiger partial charge in [-0.15, -0.1) is 0 Å². The lowest BCUT2D eigenvalue weighted by Gasteiger charge is -2.33. The molecular formula is C17H26N4O2. The molecule has 0 radical (unpaired) electrons. The zero-order chi connectivity index (χ0) is 16.8. The third kappa shape index (κ3) is 4.96. The van der Waals surface area contributed by atoms with Crippen LogP contribution in [0, 0.1) is 6.92 Å². The molecule has 1 saturated heterocycles. The second kappa shape index (κ2) is 7.97. The van der Waals surface area contributed by atoms with Crippen molar-refractivity contribution in [2.45, 2.75) is 38.3 Å². The number of piperidine rings is 1. The fraction of sp³-hybridized carbons (Fsp3) is 0.529. The highest BCUT2D eigenvalue weighted by Gasteiger charge is 2.25. The van der Waals surface area contributed by atoms with Crippen LogP contribution in [0.1, 0.15) is 36.4 Å². The van der Waals surface area contributed by atoms with E-state index in [0.717, 1.165) is 30.5 Å². The molecule has 1 fully saturated rings. The zero-order valence-electron chi connectivity index (χ0n) is 13.8. The predicted molar refractivity (Wildman–Crippen MR) is 89.9 cm³/mol. The van der Waals surface area contributed by atoms with Crippen molar-refractivity contribution in [2.24, 2.45) is 5.73 Å². The molecule has 1 aromatic carbocycles. The second-order valence-corrected chi connectivity index (χ2v) is 6.15. The Morgan fingerprint density at radius 3 is 2.87 bits per heavy atom. The third-order valence-corrected chi connectivity index (χ3v) is 4.32. The van der Waals surface area contributed by atoms with Crippen molar-refractivity contribution >= 4 is 11.9 Å². The van der Waals surface area contributed by atoms with Gasteiger partial charge in [0.15, 0.2) is 0 Å². The molecule has 2 rings (SSSR count). The molecule has 1 aliphatic rings. The summed E-state index contributed by atoms with van der Waals surface area (Å²) >= 11 is 0. The van der Waals surface area contributed by atoms with Gasteiger partial charge in [0.2, 0.25) is 5.91 Å². The molecule has 2 atom stereocenters. The number of nitrogens with zero attached hydrogens (tertiary/aromatic N) is 1. The molecule has 1 aliphatic heterocycles. The number of amides is 3. The maximum atomic E-state index is 12.6. The highest BCUT2D eigenvalue weighted by molar-refractivity contribution is 5.79. The predicted octanol–water partition coefficient (Wildman–Crippen LogP) is 1.30. The van der Waals surface area contributed by atoms with E-state index in [2.05, 4.69) is 10.6 Å². The van der Waals surface area contributed by atoms with Crippen LogP contribution in [0.25, 0.3) is 0 Å². The zero-order valence-corrected chi connectivity index (χ0v) is 13.8. The number of rotatable bonds is 5. The molecule has 1 heterocycles. The number of aryl methyl sites for hydroxylation is 1. The van der Waals surface area contributed by atoms with Gasteiger partial charge in [0, 0.05) is 19.1 Å². The molecule has 1 aromatic rings. The Kier molecular flexibility index (Phi) is 5.98. The van der Waals surface area contributed by atoms with Crippen LogP contribution in [-0.4, -0.2) is 43.0 Å². The number of benzene rings is 1. The second-order valence-electron chi connectivity index (χ2n) is 6.15. The summed E-state index contributed by atoms with van der Waals surface area (Å²) < 4.78 is 0. The summed E-state index contributed by atoms with van der Waals surface area (Å²) in [5.74, 6) is 0.0465. The van der Waals surface area contributed by atoms with E-state index in [1.807, 2.05) is 43.1 Å². The summed E-state index contributed by atoms with van der Waals surface area (Å²) in [6, 6.07) is 7.12. The molecule has 6 heteroatoms. The molecule has 6 nitrogen and oxygen atoms in total. The maximum absolute atomic E-state index is 12.6. The molecule has 0 bridgehead atoms. The van der Waals surface area contributed by atoms with E-state index in [1.54, 1.807) is 0 Å². The first-order chi connectivity index (χ1) is 11.0. The molecule has 126 valence electrons. The molecule has 0 unspecified atom stereocenters. The fourth-order valence-corrected chi connectivity index (χ4v) is 3.05. The average molecular weight is 318 g/mol. The van der Waals surface area contributed by atoms with Gasteiger partial charge in [0.25, 0.3) is 0 Å². The summed E-state index contributed by atoms with van der Waals surface area (Å²) in [5, 5.41) is 5.92. The van der Waals surface area contributed by atoms with Gasteiger partial charge in [-0.25, -0.2) is 4.79 Å². The summed E-state index contributed by atoms with van der Waals surface area (Å²) in [7, 11) is 1.92. The van der Waals surface area contributed by atoms with E-state index in [9.17, 15) is 9.59 Å². The molecule has 0 aromatic heterocycles. The van der Waals surface area contributed by atoms with Crippen LogP contribution in [0.3, 0.4) is 0 Å². The van der Waals surface area contributed by atoms with Crippen molar-refractivity contribution < 1.29 is 9.59 Å². The van der Waals surface area contributed by atoms with E-state index >= 15 is 0 Å². The van der Waals surface area contributed by atoms with E-state index in [1.165, 1.54) is 0 Å². The lowest BCUT2D eigenvalue weighted by atomic mass is 9.99. The Hall–Kier alpha value is -2.08. The maximum Gasteiger partial charge on any atom is 0.312 e. The third-order valence-electron chi connectivity index (χ3n) is 4.32. The first-order valence-corrected chi connectivity index (χ1v) is 8.07. The van der Waals surface area contributed by atoms with Crippen molar-refractivity contribution in [3.63, 3.8) is 0 Å². The van der Waals surface area contributed by atoms with Gasteiger partial charge in [-0.3, -0.25) is 4.79 Å². The van der Waals surface area contributed by atoms with Gasteiger partial charge >= 0.3 is 6.03 Å². The lowest BCUT2D eigenvalue weighted by Crippen LogP contribution is -2.48. The van der Waals surface area contributed by atoms with Gasteiger partial charge in [-0.1, -0.05) is 29.8 Å². The monoisotopic (exact) mass is 318 g/mol. The minimum absolute atomic E-state index is 0.0465. The number of hydrogen-bond acceptors (Lipinski definition) is 3. The lowest BCUT2D eigenvalue weighted by molar-refractivity contribution is -0.133. The Morgan fingerprint density at radius 1 is 1.43 bits per heavy atom. The minimum atomic E-state index is -0.615. The molecule has 3 amide bonds. The van der Waals surface area contributed by atoms with E-state index in [4.69, 9.17) is 5.73 Å². The van der Waals surface area contributed by atoms with Crippen LogP contribution in [0.4, 0.5) is 4.79 Å². The van der Waals surface area contributed by atoms with Crippen LogP contribution >= 0.6 is 0 Å². The van der Waals surface area contributed by atoms with E-state index in [0.29, 0.717) is 12.6 Å². The molecule has 0 aliphatic carbocycles. The quantitative estimate of drug-likeness (QED) is 0.765. The van der Waals surface area contributed by atoms with E-state index in [-0.39, 0.29) is 12.3 Å². The number of hydrogen-bond donors (Lipinski definition) is 3. The van der Waals surface area contributed by atoms with Gasteiger partial charge in [-0.05, 0) is 32.4 Å². The highest BCUT2D eigenvalue weighted by Crippen LogP contribution is 2.20. The molecule has 0 spiro atoms. The number of primary amides is 1. The topological polar surface area (TPSA) is 87.5 Å². The highest BCUT2D eigenvalue weighted by atomic mass is 16.2. The summed E-state index contributed by atoms with van der Waals surface area (Å²) in [6.07, 6.45) is 2.31. The number of likely N-dealkylation sites (tertiary alicyclic amines) is 1. The van der Waals surface area contributed by atoms with Crippen molar-refractivity contribution in [3.8, 4) is 0 Å². The van der Waals surface area contributed by atoms with Crippen molar-refractivity contribution in [1.82, 2.24) is 15.5 Å². The fourth-order valence-electron chi connectivity index (χ4n) is 3.05. The molecule has 0 saturated carbocycles. The molecular weight excluding hydrogens is 292 g/mol. The summed E-state index contributed by atoms with van der Waals surface area (Å²) in [6.45, 7) is 3.47. The number of carbonyl (C=O) groups is 2. The SMILES string of the molecule is CN[C@@H]1CCCN(C(=O)C[C@H](NC(N)=O)c2cccc(C)c2)C1. The largest absolute Gasteiger partial charge is 0.352 e. The molecule has 4 N–H and O–H groups in total. The standard InChI is InChI=1S/C17H26N4O2/c1-12-5-3-6-13(9-12)15(20-17(18)23)10-16(22)21-8-4-7-14(11-21)19-2/h3,5-6,9,14-15,19H,4,7-8,10-11H2,1-2H3,(H3,18,20,23)/t14-,15+/m1/s1. The van der Waals surface area contributed by atoms with Crippen molar-refractivity contribution in [3.05, 3.63) is 35.4 Å². The van der Waals surface area contributed by atoms with Gasteiger partial charge in [-0.2, -0.15) is 0 Å². The van der Waals surface area contributed by atoms with Gasteiger partial charge in [0.1, 0.15) is 0 Å². The van der Waals surface area contributed by atoms with Crippen molar-refractivity contribution in [1.29, 1.82) is 0 Å². The Labute approximate surface area is 137 Å². The van der Waals surface area contributed by atoms with Crippen molar-refractivity contribution in [2.75, 3.05) is 20.1 Å². The Morgan fingerprint density at radius 2 is 2.22 bits per heavy atom. The smallest absolute Gasteiger partial charge is 0.312 e. The Bertz CT molecular complexity index is 561. The number of likely N-dealkylation sites (N-methyl/N-ethyl adjacent to an activating group) is 1. The van der Waals surface area contributed by atoms with Gasteiger partial charge < -0.3 is 21.3 Å². The number of urea groups is 1. The van der Waals surface area contributed by atoms with Crippen LogP contribution in [-0.2, 0) is 4.79 Å². The average Bonchev–Trinajstić information content (AvgIpc) is 2.53. The van der Waals surface area contributed by atoms with Crippen LogP contribution in [0.15, 0.2) is 24.3 Å². The Balaban J connectivity index is 2.08. The molecule has 23 heavy (non-hydrogen) atoms. The first-order valence-electron chi connectivity index (χ1n) is 8.07. The van der Waals surface area contributed by atoms with Crippen LogP contribution in [0.2, 0.25) is 0 Å². The summed E-state index contributed by atoms with van der Waals surface area (Å²) in [4.78, 5) is 25.8. The van der Waals surface area contributed by atoms with Gasteiger partial charge in [0.05, 0.1) is 12.5 Å². The van der Waals surface area contributed by atoms with E-state index < -0.39 is 12.1 Å². The number of nitrogens with two attached hydrogens (primary N) is 1. The van der Waals surface area contributed by atoms with Crippen LogP contribution in [0.5, 0.6) is 0 Å².